The average Bonchev–Trinajstić information content (AvgIpc) is 2.25. The predicted molar refractivity (Wildman–Crippen MR) is 80.9 cm³/mol. The molecule has 0 aliphatic carbocycles. The molecule has 102 valence electrons. The maximum atomic E-state index is 3.70. The van der Waals surface area contributed by atoms with Crippen molar-refractivity contribution >= 4 is 0 Å². The first kappa shape index (κ1) is 15.2. The van der Waals surface area contributed by atoms with E-state index in [0.717, 1.165) is 0 Å². The van der Waals surface area contributed by atoms with E-state index in [0.29, 0.717) is 17.5 Å². The van der Waals surface area contributed by atoms with Crippen LogP contribution in [0, 0.1) is 12.3 Å². The fourth-order valence-electron chi connectivity index (χ4n) is 2.20. The van der Waals surface area contributed by atoms with Gasteiger partial charge in [0.1, 0.15) is 0 Å². The number of nitrogens with one attached hydrogen (secondary N) is 1. The second-order valence-electron chi connectivity index (χ2n) is 6.80. The lowest BCUT2D eigenvalue weighted by atomic mass is 9.89. The molecule has 0 radical (unpaired) electrons. The topological polar surface area (TPSA) is 12.0 Å². The van der Waals surface area contributed by atoms with Crippen LogP contribution in [0.3, 0.4) is 0 Å². The van der Waals surface area contributed by atoms with Gasteiger partial charge in [-0.2, -0.15) is 0 Å². The molecule has 1 heteroatoms. The summed E-state index contributed by atoms with van der Waals surface area (Å²) < 4.78 is 0. The van der Waals surface area contributed by atoms with Crippen LogP contribution in [-0.2, 0) is 0 Å². The zero-order valence-electron chi connectivity index (χ0n) is 12.9. The van der Waals surface area contributed by atoms with Crippen LogP contribution in [0.5, 0.6) is 0 Å². The molecule has 0 aliphatic heterocycles. The van der Waals surface area contributed by atoms with Crippen LogP contribution < -0.4 is 5.32 Å². The second-order valence-corrected chi connectivity index (χ2v) is 6.80. The van der Waals surface area contributed by atoms with Crippen LogP contribution in [0.1, 0.15) is 64.6 Å². The highest BCUT2D eigenvalue weighted by Gasteiger charge is 2.14. The molecule has 1 aromatic rings. The fourth-order valence-corrected chi connectivity index (χ4v) is 2.20. The lowest BCUT2D eigenvalue weighted by Crippen LogP contribution is -2.30. The summed E-state index contributed by atoms with van der Waals surface area (Å²) in [7, 11) is 0. The Morgan fingerprint density at radius 1 is 1.17 bits per heavy atom. The van der Waals surface area contributed by atoms with E-state index >= 15 is 0 Å². The highest BCUT2D eigenvalue weighted by Crippen LogP contribution is 2.22. The predicted octanol–water partition coefficient (Wildman–Crippen LogP) is 4.86. The smallest absolute Gasteiger partial charge is 0.0294 e. The van der Waals surface area contributed by atoms with Crippen LogP contribution in [0.4, 0.5) is 0 Å². The molecule has 1 rings (SSSR count). The minimum atomic E-state index is 0.430. The third-order valence-electron chi connectivity index (χ3n) is 3.40. The van der Waals surface area contributed by atoms with Crippen molar-refractivity contribution in [2.24, 2.45) is 5.41 Å². The van der Waals surface area contributed by atoms with Crippen molar-refractivity contribution in [1.82, 2.24) is 5.32 Å². The molecule has 0 aliphatic rings. The van der Waals surface area contributed by atoms with Gasteiger partial charge >= 0.3 is 0 Å². The number of rotatable bonds is 5. The van der Waals surface area contributed by atoms with Crippen LogP contribution in [-0.4, -0.2) is 6.04 Å². The normalized spacial score (nSPS) is 15.4. The molecule has 0 fully saturated rings. The van der Waals surface area contributed by atoms with E-state index in [1.807, 2.05) is 0 Å². The summed E-state index contributed by atoms with van der Waals surface area (Å²) in [5.74, 6) is 0. The van der Waals surface area contributed by atoms with Gasteiger partial charge in [-0.1, -0.05) is 50.6 Å². The Labute approximate surface area is 113 Å². The third-order valence-corrected chi connectivity index (χ3v) is 3.40. The number of aryl methyl sites for hydroxylation is 1. The molecule has 2 atom stereocenters. The summed E-state index contributed by atoms with van der Waals surface area (Å²) in [4.78, 5) is 0. The van der Waals surface area contributed by atoms with Crippen molar-refractivity contribution in [2.45, 2.75) is 66.5 Å². The molecular formula is C17H29N. The number of hydrogen-bond acceptors (Lipinski definition) is 1. The summed E-state index contributed by atoms with van der Waals surface area (Å²) in [5.41, 5.74) is 3.16. The Morgan fingerprint density at radius 3 is 2.39 bits per heavy atom. The van der Waals surface area contributed by atoms with Gasteiger partial charge in [0, 0.05) is 12.1 Å². The quantitative estimate of drug-likeness (QED) is 0.783. The van der Waals surface area contributed by atoms with Crippen molar-refractivity contribution in [3.63, 3.8) is 0 Å². The van der Waals surface area contributed by atoms with Crippen molar-refractivity contribution in [3.05, 3.63) is 35.4 Å². The third kappa shape index (κ3) is 5.68. The first-order valence-corrected chi connectivity index (χ1v) is 7.10. The Hall–Kier alpha value is -0.820. The molecule has 0 saturated carbocycles. The van der Waals surface area contributed by atoms with E-state index in [9.17, 15) is 0 Å². The standard InChI is InChI=1S/C17H29N/c1-13-8-7-9-16(12-13)15(3)18-14(2)10-11-17(4,5)6/h7-9,12,14-15,18H,10-11H2,1-6H3/t14?,15-/m0/s1. The maximum Gasteiger partial charge on any atom is 0.0294 e. The average molecular weight is 247 g/mol. The molecule has 0 aromatic heterocycles. The van der Waals surface area contributed by atoms with Gasteiger partial charge in [-0.25, -0.2) is 0 Å². The summed E-state index contributed by atoms with van der Waals surface area (Å²) >= 11 is 0. The Kier molecular flexibility index (Phi) is 5.40. The highest BCUT2D eigenvalue weighted by molar-refractivity contribution is 5.24. The lowest BCUT2D eigenvalue weighted by Gasteiger charge is -2.24. The van der Waals surface area contributed by atoms with Gasteiger partial charge in [-0.15, -0.1) is 0 Å². The fraction of sp³-hybridized carbons (Fsp3) is 0.647. The molecule has 1 nitrogen and oxygen atoms in total. The molecule has 1 aromatic carbocycles. The molecule has 1 N–H and O–H groups in total. The molecular weight excluding hydrogens is 218 g/mol. The Balaban J connectivity index is 2.47. The second kappa shape index (κ2) is 6.38. The largest absolute Gasteiger partial charge is 0.308 e. The molecule has 0 bridgehead atoms. The van der Waals surface area contributed by atoms with Crippen molar-refractivity contribution in [1.29, 1.82) is 0 Å². The first-order valence-electron chi connectivity index (χ1n) is 7.10. The van der Waals surface area contributed by atoms with Crippen LogP contribution in [0.25, 0.3) is 0 Å². The number of hydrogen-bond donors (Lipinski definition) is 1. The zero-order chi connectivity index (χ0) is 13.8. The monoisotopic (exact) mass is 247 g/mol. The van der Waals surface area contributed by atoms with E-state index < -0.39 is 0 Å². The summed E-state index contributed by atoms with van der Waals surface area (Å²) in [6.45, 7) is 13.6. The van der Waals surface area contributed by atoms with Gasteiger partial charge in [0.05, 0.1) is 0 Å². The number of benzene rings is 1. The van der Waals surface area contributed by atoms with E-state index in [1.54, 1.807) is 0 Å². The molecule has 0 amide bonds. The Bertz CT molecular complexity index is 362. The maximum absolute atomic E-state index is 3.70. The van der Waals surface area contributed by atoms with Gasteiger partial charge in [0.25, 0.3) is 0 Å². The van der Waals surface area contributed by atoms with Crippen molar-refractivity contribution in [3.8, 4) is 0 Å². The van der Waals surface area contributed by atoms with Crippen LogP contribution in [0.2, 0.25) is 0 Å². The van der Waals surface area contributed by atoms with Crippen LogP contribution in [0.15, 0.2) is 24.3 Å². The van der Waals surface area contributed by atoms with Gasteiger partial charge < -0.3 is 5.32 Å². The van der Waals surface area contributed by atoms with Gasteiger partial charge in [-0.3, -0.25) is 0 Å². The molecule has 18 heavy (non-hydrogen) atoms. The summed E-state index contributed by atoms with van der Waals surface area (Å²) in [6.07, 6.45) is 2.50. The molecule has 0 spiro atoms. The van der Waals surface area contributed by atoms with E-state index in [-0.39, 0.29) is 0 Å². The summed E-state index contributed by atoms with van der Waals surface area (Å²) in [6, 6.07) is 9.77. The summed E-state index contributed by atoms with van der Waals surface area (Å²) in [5, 5.41) is 3.70. The minimum absolute atomic E-state index is 0.430. The van der Waals surface area contributed by atoms with Gasteiger partial charge in [-0.05, 0) is 44.6 Å². The molecule has 0 heterocycles. The van der Waals surface area contributed by atoms with E-state index in [4.69, 9.17) is 0 Å². The minimum Gasteiger partial charge on any atom is -0.308 e. The lowest BCUT2D eigenvalue weighted by molar-refractivity contribution is 0.328. The van der Waals surface area contributed by atoms with Gasteiger partial charge in [0.15, 0.2) is 0 Å². The molecule has 1 unspecified atom stereocenters. The van der Waals surface area contributed by atoms with Crippen LogP contribution >= 0.6 is 0 Å². The Morgan fingerprint density at radius 2 is 1.83 bits per heavy atom. The highest BCUT2D eigenvalue weighted by atomic mass is 14.9. The zero-order valence-corrected chi connectivity index (χ0v) is 12.9. The molecule has 0 saturated heterocycles. The van der Waals surface area contributed by atoms with Gasteiger partial charge in [0.2, 0.25) is 0 Å². The van der Waals surface area contributed by atoms with Crippen molar-refractivity contribution < 1.29 is 0 Å². The van der Waals surface area contributed by atoms with Crippen molar-refractivity contribution in [2.75, 3.05) is 0 Å². The van der Waals surface area contributed by atoms with E-state index in [2.05, 4.69) is 71.1 Å². The first-order chi connectivity index (χ1) is 8.28. The SMILES string of the molecule is Cc1cccc([C@H](C)NC(C)CCC(C)(C)C)c1. The van der Waals surface area contributed by atoms with E-state index in [1.165, 1.54) is 24.0 Å².